The van der Waals surface area contributed by atoms with Gasteiger partial charge in [0.05, 0.1) is 7.11 Å². The molecule has 1 aromatic heterocycles. The molecule has 0 unspecified atom stereocenters. The highest BCUT2D eigenvalue weighted by Crippen LogP contribution is 2.05. The number of ether oxygens (including phenoxy) is 1. The highest BCUT2D eigenvalue weighted by Gasteiger charge is 1.90. The Kier molecular flexibility index (Phi) is 4.34. The lowest BCUT2D eigenvalue weighted by atomic mass is 10.3. The molecule has 0 aliphatic carbocycles. The van der Waals surface area contributed by atoms with Gasteiger partial charge >= 0.3 is 0 Å². The number of hydrogen-bond acceptors (Lipinski definition) is 2. The molecule has 0 spiro atoms. The van der Waals surface area contributed by atoms with Gasteiger partial charge in [0.15, 0.2) is 0 Å². The van der Waals surface area contributed by atoms with Crippen molar-refractivity contribution in [2.24, 2.45) is 0 Å². The van der Waals surface area contributed by atoms with Crippen LogP contribution in [0.15, 0.2) is 18.3 Å². The minimum Gasteiger partial charge on any atom is -0.481 e. The lowest BCUT2D eigenvalue weighted by Crippen LogP contribution is -1.86. The van der Waals surface area contributed by atoms with Crippen molar-refractivity contribution in [3.8, 4) is 17.7 Å². The van der Waals surface area contributed by atoms with Gasteiger partial charge in [0.1, 0.15) is 0 Å². The van der Waals surface area contributed by atoms with Gasteiger partial charge < -0.3 is 4.74 Å². The first kappa shape index (κ1) is 10.1. The molecule has 0 saturated carbocycles. The van der Waals surface area contributed by atoms with Crippen molar-refractivity contribution in [2.45, 2.75) is 6.42 Å². The van der Waals surface area contributed by atoms with Gasteiger partial charge in [-0.25, -0.2) is 4.98 Å². The Morgan fingerprint density at radius 3 is 2.92 bits per heavy atom. The molecule has 0 aliphatic heterocycles. The summed E-state index contributed by atoms with van der Waals surface area (Å²) in [5, 5.41) is 0.906. The number of hydrogen-bond donors (Lipinski definition) is 0. The Labute approximate surface area is 86.5 Å². The van der Waals surface area contributed by atoms with E-state index in [1.165, 1.54) is 0 Å². The van der Waals surface area contributed by atoms with Crippen molar-refractivity contribution < 1.29 is 4.74 Å². The summed E-state index contributed by atoms with van der Waals surface area (Å²) in [7, 11) is 1.60. The van der Waals surface area contributed by atoms with Crippen molar-refractivity contribution >= 4 is 15.9 Å². The van der Waals surface area contributed by atoms with Crippen LogP contribution in [0.1, 0.15) is 12.0 Å². The number of methoxy groups -OCH3 is 1. The molecule has 0 bridgehead atoms. The Balaban J connectivity index is 2.65. The molecule has 0 atom stereocenters. The molecular weight excluding hydrogens is 230 g/mol. The summed E-state index contributed by atoms with van der Waals surface area (Å²) in [5.74, 6) is 6.63. The van der Waals surface area contributed by atoms with E-state index in [1.807, 2.05) is 6.07 Å². The molecule has 0 fully saturated rings. The molecule has 0 saturated heterocycles. The quantitative estimate of drug-likeness (QED) is 0.584. The third-order valence-electron chi connectivity index (χ3n) is 1.40. The smallest absolute Gasteiger partial charge is 0.212 e. The van der Waals surface area contributed by atoms with E-state index in [1.54, 1.807) is 19.4 Å². The minimum atomic E-state index is 0.617. The van der Waals surface area contributed by atoms with E-state index in [-0.39, 0.29) is 0 Å². The number of nitrogens with zero attached hydrogens (tertiary/aromatic N) is 1. The molecule has 3 heteroatoms. The lowest BCUT2D eigenvalue weighted by molar-refractivity contribution is 0.398. The first-order valence-corrected chi connectivity index (χ1v) is 5.04. The molecular formula is C10H10BrNO. The fourth-order valence-corrected chi connectivity index (χ4v) is 0.985. The number of alkyl halides is 1. The topological polar surface area (TPSA) is 22.1 Å². The zero-order valence-electron chi connectivity index (χ0n) is 7.38. The van der Waals surface area contributed by atoms with Gasteiger partial charge in [0, 0.05) is 29.6 Å². The molecule has 0 radical (unpaired) electrons. The van der Waals surface area contributed by atoms with E-state index in [0.29, 0.717) is 5.88 Å². The summed E-state index contributed by atoms with van der Waals surface area (Å²) in [4.78, 5) is 4.04. The van der Waals surface area contributed by atoms with Crippen molar-refractivity contribution in [1.29, 1.82) is 0 Å². The summed E-state index contributed by atoms with van der Waals surface area (Å²) in [6.07, 6.45) is 2.56. The van der Waals surface area contributed by atoms with Gasteiger partial charge in [-0.3, -0.25) is 0 Å². The highest BCUT2D eigenvalue weighted by molar-refractivity contribution is 9.09. The van der Waals surface area contributed by atoms with Crippen LogP contribution in [-0.4, -0.2) is 17.4 Å². The summed E-state index contributed by atoms with van der Waals surface area (Å²) in [6.45, 7) is 0. The number of rotatable bonds is 2. The largest absolute Gasteiger partial charge is 0.481 e. The van der Waals surface area contributed by atoms with Crippen molar-refractivity contribution in [3.63, 3.8) is 0 Å². The molecule has 1 heterocycles. The third kappa shape index (κ3) is 3.47. The van der Waals surface area contributed by atoms with Crippen LogP contribution in [0.5, 0.6) is 5.88 Å². The first-order chi connectivity index (χ1) is 6.36. The monoisotopic (exact) mass is 239 g/mol. The van der Waals surface area contributed by atoms with Crippen molar-refractivity contribution in [2.75, 3.05) is 12.4 Å². The molecule has 1 aromatic rings. The van der Waals surface area contributed by atoms with Gasteiger partial charge in [-0.15, -0.1) is 0 Å². The van der Waals surface area contributed by atoms with Crippen LogP contribution in [0.2, 0.25) is 0 Å². The van der Waals surface area contributed by atoms with Crippen LogP contribution in [0.4, 0.5) is 0 Å². The second-order valence-corrected chi connectivity index (χ2v) is 3.12. The van der Waals surface area contributed by atoms with E-state index in [4.69, 9.17) is 4.74 Å². The molecule has 0 amide bonds. The van der Waals surface area contributed by atoms with Crippen LogP contribution in [0.3, 0.4) is 0 Å². The summed E-state index contributed by atoms with van der Waals surface area (Å²) in [5.41, 5.74) is 0.918. The third-order valence-corrected chi connectivity index (χ3v) is 1.79. The molecule has 0 aromatic carbocycles. The zero-order valence-corrected chi connectivity index (χ0v) is 8.97. The Bertz CT molecular complexity index is 310. The van der Waals surface area contributed by atoms with Gasteiger partial charge in [-0.2, -0.15) is 0 Å². The normalized spacial score (nSPS) is 8.77. The number of halogens is 1. The van der Waals surface area contributed by atoms with Crippen LogP contribution >= 0.6 is 15.9 Å². The van der Waals surface area contributed by atoms with Crippen LogP contribution in [0, 0.1) is 11.8 Å². The number of aromatic nitrogens is 1. The molecule has 0 N–H and O–H groups in total. The van der Waals surface area contributed by atoms with Gasteiger partial charge in [0.2, 0.25) is 5.88 Å². The summed E-state index contributed by atoms with van der Waals surface area (Å²) in [6, 6.07) is 3.70. The fourth-order valence-electron chi connectivity index (χ4n) is 0.787. The summed E-state index contributed by atoms with van der Waals surface area (Å²) < 4.78 is 4.93. The van der Waals surface area contributed by atoms with Crippen molar-refractivity contribution in [1.82, 2.24) is 4.98 Å². The molecule has 2 nitrogen and oxygen atoms in total. The van der Waals surface area contributed by atoms with E-state index >= 15 is 0 Å². The predicted octanol–water partition coefficient (Wildman–Crippen LogP) is 2.23. The van der Waals surface area contributed by atoms with Crippen LogP contribution in [-0.2, 0) is 0 Å². The Morgan fingerprint density at radius 2 is 2.38 bits per heavy atom. The van der Waals surface area contributed by atoms with E-state index < -0.39 is 0 Å². The first-order valence-electron chi connectivity index (χ1n) is 3.91. The van der Waals surface area contributed by atoms with Gasteiger partial charge in [-0.1, -0.05) is 27.8 Å². The maximum absolute atomic E-state index is 4.93. The molecule has 1 rings (SSSR count). The maximum Gasteiger partial charge on any atom is 0.212 e. The standard InChI is InChI=1S/C10H10BrNO/c1-13-10-6-5-9(8-12-10)4-2-3-7-11/h5-6,8H,3,7H2,1H3. The zero-order chi connectivity index (χ0) is 9.52. The van der Waals surface area contributed by atoms with E-state index in [0.717, 1.165) is 17.3 Å². The Morgan fingerprint density at radius 1 is 1.54 bits per heavy atom. The Hall–Kier alpha value is -1.01. The van der Waals surface area contributed by atoms with Crippen molar-refractivity contribution in [3.05, 3.63) is 23.9 Å². The second kappa shape index (κ2) is 5.60. The predicted molar refractivity (Wildman–Crippen MR) is 56.1 cm³/mol. The maximum atomic E-state index is 4.93. The highest BCUT2D eigenvalue weighted by atomic mass is 79.9. The average Bonchev–Trinajstić information content (AvgIpc) is 2.19. The minimum absolute atomic E-state index is 0.617. The van der Waals surface area contributed by atoms with Crippen LogP contribution in [0.25, 0.3) is 0 Å². The molecule has 68 valence electrons. The molecule has 13 heavy (non-hydrogen) atoms. The fraction of sp³-hybridized carbons (Fsp3) is 0.300. The number of pyridine rings is 1. The van der Waals surface area contributed by atoms with E-state index in [9.17, 15) is 0 Å². The average molecular weight is 240 g/mol. The second-order valence-electron chi connectivity index (χ2n) is 2.33. The summed E-state index contributed by atoms with van der Waals surface area (Å²) >= 11 is 3.31. The SMILES string of the molecule is COc1ccc(C#CCCBr)cn1. The molecule has 0 aliphatic rings. The van der Waals surface area contributed by atoms with Crippen LogP contribution < -0.4 is 4.74 Å². The van der Waals surface area contributed by atoms with Gasteiger partial charge in [0.25, 0.3) is 0 Å². The van der Waals surface area contributed by atoms with E-state index in [2.05, 4.69) is 32.8 Å². The van der Waals surface area contributed by atoms with Gasteiger partial charge in [-0.05, 0) is 6.07 Å². The lowest BCUT2D eigenvalue weighted by Gasteiger charge is -1.95.